The first kappa shape index (κ1) is 14.9. The minimum absolute atomic E-state index is 0.0941. The number of carbonyl (C=O) groups is 1. The van der Waals surface area contributed by atoms with Crippen LogP contribution in [0, 0.1) is 0 Å². The van der Waals surface area contributed by atoms with Gasteiger partial charge in [-0.3, -0.25) is 4.79 Å². The van der Waals surface area contributed by atoms with Gasteiger partial charge in [-0.05, 0) is 47.2 Å². The van der Waals surface area contributed by atoms with Gasteiger partial charge in [-0.2, -0.15) is 0 Å². The molecule has 0 unspecified atom stereocenters. The van der Waals surface area contributed by atoms with Gasteiger partial charge >= 0.3 is 0 Å². The van der Waals surface area contributed by atoms with Gasteiger partial charge in [0.1, 0.15) is 5.75 Å². The van der Waals surface area contributed by atoms with Crippen LogP contribution in [0.15, 0.2) is 66.7 Å². The number of rotatable bonds is 5. The number of hydrogen-bond acceptors (Lipinski definition) is 3. The molecule has 4 nitrogen and oxygen atoms in total. The topological polar surface area (TPSA) is 50.4 Å². The zero-order valence-electron chi connectivity index (χ0n) is 12.9. The second kappa shape index (κ2) is 6.83. The fraction of sp³-hybridized carbons (Fsp3) is 0.105. The molecule has 116 valence electrons. The molecule has 0 heterocycles. The van der Waals surface area contributed by atoms with E-state index >= 15 is 0 Å². The Kier molecular flexibility index (Phi) is 4.43. The van der Waals surface area contributed by atoms with Gasteiger partial charge in [0.2, 0.25) is 5.91 Å². The highest BCUT2D eigenvalue weighted by atomic mass is 16.5. The third-order valence-electron chi connectivity index (χ3n) is 3.58. The third kappa shape index (κ3) is 3.80. The summed E-state index contributed by atoms with van der Waals surface area (Å²) in [6.07, 6.45) is 0. The van der Waals surface area contributed by atoms with E-state index in [9.17, 15) is 4.79 Å². The summed E-state index contributed by atoms with van der Waals surface area (Å²) in [7, 11) is 1.61. The zero-order chi connectivity index (χ0) is 16.1. The average Bonchev–Trinajstić information content (AvgIpc) is 2.60. The first-order chi connectivity index (χ1) is 11.2. The smallest absolute Gasteiger partial charge is 0.243 e. The summed E-state index contributed by atoms with van der Waals surface area (Å²) in [6, 6.07) is 21.4. The van der Waals surface area contributed by atoms with Gasteiger partial charge in [0.15, 0.2) is 0 Å². The van der Waals surface area contributed by atoms with Crippen molar-refractivity contribution in [3.05, 3.63) is 66.7 Å². The highest BCUT2D eigenvalue weighted by molar-refractivity contribution is 5.94. The van der Waals surface area contributed by atoms with E-state index in [-0.39, 0.29) is 12.5 Å². The molecule has 0 aliphatic carbocycles. The maximum absolute atomic E-state index is 12.0. The van der Waals surface area contributed by atoms with Gasteiger partial charge in [0.25, 0.3) is 0 Å². The number of amides is 1. The van der Waals surface area contributed by atoms with E-state index in [1.807, 2.05) is 54.6 Å². The van der Waals surface area contributed by atoms with Gasteiger partial charge in [-0.1, -0.05) is 30.3 Å². The third-order valence-corrected chi connectivity index (χ3v) is 3.58. The highest BCUT2D eigenvalue weighted by Gasteiger charge is 2.03. The summed E-state index contributed by atoms with van der Waals surface area (Å²) in [6.45, 7) is 0.213. The summed E-state index contributed by atoms with van der Waals surface area (Å²) in [5, 5.41) is 8.31. The van der Waals surface area contributed by atoms with Crippen molar-refractivity contribution in [2.75, 3.05) is 24.3 Å². The average molecular weight is 306 g/mol. The molecular formula is C19H18N2O2. The summed E-state index contributed by atoms with van der Waals surface area (Å²) in [5.74, 6) is 0.667. The largest absolute Gasteiger partial charge is 0.497 e. The Labute approximate surface area is 135 Å². The molecule has 0 atom stereocenters. The lowest BCUT2D eigenvalue weighted by Crippen LogP contribution is -2.21. The molecule has 0 saturated heterocycles. The standard InChI is InChI=1S/C19H18N2O2/c1-23-18-10-8-16(9-11-18)21-19(22)13-20-17-7-6-14-4-2-3-5-15(14)12-17/h2-12,20H,13H2,1H3,(H,21,22). The van der Waals surface area contributed by atoms with Gasteiger partial charge in [0.05, 0.1) is 13.7 Å². The van der Waals surface area contributed by atoms with Crippen LogP contribution >= 0.6 is 0 Å². The van der Waals surface area contributed by atoms with Gasteiger partial charge < -0.3 is 15.4 Å². The molecule has 23 heavy (non-hydrogen) atoms. The first-order valence-electron chi connectivity index (χ1n) is 7.41. The molecule has 3 aromatic carbocycles. The van der Waals surface area contributed by atoms with Crippen LogP contribution in [-0.2, 0) is 4.79 Å². The number of methoxy groups -OCH3 is 1. The monoisotopic (exact) mass is 306 g/mol. The van der Waals surface area contributed by atoms with Crippen molar-refractivity contribution >= 4 is 28.1 Å². The number of fused-ring (bicyclic) bond motifs is 1. The quantitative estimate of drug-likeness (QED) is 0.751. The van der Waals surface area contributed by atoms with Crippen molar-refractivity contribution in [1.29, 1.82) is 0 Å². The lowest BCUT2D eigenvalue weighted by atomic mass is 10.1. The molecule has 4 heteroatoms. The van der Waals surface area contributed by atoms with Crippen molar-refractivity contribution in [3.63, 3.8) is 0 Å². The van der Waals surface area contributed by atoms with E-state index in [1.165, 1.54) is 5.39 Å². The second-order valence-electron chi connectivity index (χ2n) is 5.19. The molecule has 0 aliphatic heterocycles. The lowest BCUT2D eigenvalue weighted by Gasteiger charge is -2.09. The number of benzene rings is 3. The van der Waals surface area contributed by atoms with E-state index in [2.05, 4.69) is 22.8 Å². The van der Waals surface area contributed by atoms with Crippen molar-refractivity contribution in [3.8, 4) is 5.75 Å². The maximum Gasteiger partial charge on any atom is 0.243 e. The molecule has 0 spiro atoms. The summed E-state index contributed by atoms with van der Waals surface area (Å²) < 4.78 is 5.09. The predicted molar refractivity (Wildman–Crippen MR) is 94.1 cm³/mol. The number of anilines is 2. The first-order valence-corrected chi connectivity index (χ1v) is 7.41. The Hall–Kier alpha value is -3.01. The second-order valence-corrected chi connectivity index (χ2v) is 5.19. The highest BCUT2D eigenvalue weighted by Crippen LogP contribution is 2.19. The number of carbonyl (C=O) groups excluding carboxylic acids is 1. The molecule has 3 aromatic rings. The summed E-state index contributed by atoms with van der Waals surface area (Å²) in [5.41, 5.74) is 1.67. The van der Waals surface area contributed by atoms with Crippen LogP contribution in [0.2, 0.25) is 0 Å². The molecule has 3 rings (SSSR count). The fourth-order valence-corrected chi connectivity index (χ4v) is 2.36. The van der Waals surface area contributed by atoms with Crippen LogP contribution in [0.5, 0.6) is 5.75 Å². The maximum atomic E-state index is 12.0. The van der Waals surface area contributed by atoms with E-state index in [0.29, 0.717) is 0 Å². The minimum atomic E-state index is -0.0941. The Morgan fingerprint density at radius 3 is 2.35 bits per heavy atom. The van der Waals surface area contributed by atoms with Crippen LogP contribution in [0.3, 0.4) is 0 Å². The van der Waals surface area contributed by atoms with Gasteiger partial charge in [0, 0.05) is 11.4 Å². The van der Waals surface area contributed by atoms with Gasteiger partial charge in [-0.15, -0.1) is 0 Å². The van der Waals surface area contributed by atoms with Crippen LogP contribution in [-0.4, -0.2) is 19.6 Å². The Morgan fingerprint density at radius 2 is 1.61 bits per heavy atom. The van der Waals surface area contributed by atoms with Crippen molar-refractivity contribution < 1.29 is 9.53 Å². The van der Waals surface area contributed by atoms with E-state index in [1.54, 1.807) is 7.11 Å². The number of nitrogens with one attached hydrogen (secondary N) is 2. The molecule has 1 amide bonds. The molecule has 0 saturated carbocycles. The van der Waals surface area contributed by atoms with Crippen molar-refractivity contribution in [2.24, 2.45) is 0 Å². The summed E-state index contributed by atoms with van der Waals surface area (Å²) >= 11 is 0. The normalized spacial score (nSPS) is 10.3. The van der Waals surface area contributed by atoms with Crippen molar-refractivity contribution in [2.45, 2.75) is 0 Å². The fourth-order valence-electron chi connectivity index (χ4n) is 2.36. The number of ether oxygens (including phenoxy) is 1. The summed E-state index contributed by atoms with van der Waals surface area (Å²) in [4.78, 5) is 12.0. The minimum Gasteiger partial charge on any atom is -0.497 e. The van der Waals surface area contributed by atoms with Crippen LogP contribution in [0.25, 0.3) is 10.8 Å². The Morgan fingerprint density at radius 1 is 0.913 bits per heavy atom. The molecule has 0 aliphatic rings. The van der Waals surface area contributed by atoms with E-state index in [4.69, 9.17) is 4.74 Å². The van der Waals surface area contributed by atoms with Crippen LogP contribution in [0.1, 0.15) is 0 Å². The molecule has 0 fully saturated rings. The molecule has 0 bridgehead atoms. The zero-order valence-corrected chi connectivity index (χ0v) is 12.9. The van der Waals surface area contributed by atoms with E-state index < -0.39 is 0 Å². The van der Waals surface area contributed by atoms with Gasteiger partial charge in [-0.25, -0.2) is 0 Å². The van der Waals surface area contributed by atoms with Crippen molar-refractivity contribution in [1.82, 2.24) is 0 Å². The lowest BCUT2D eigenvalue weighted by molar-refractivity contribution is -0.114. The van der Waals surface area contributed by atoms with Crippen LogP contribution < -0.4 is 15.4 Å². The molecule has 0 radical (unpaired) electrons. The molecule has 2 N–H and O–H groups in total. The molecular weight excluding hydrogens is 288 g/mol. The molecule has 0 aromatic heterocycles. The Balaban J connectivity index is 1.58. The Bertz CT molecular complexity index is 813. The van der Waals surface area contributed by atoms with Crippen LogP contribution in [0.4, 0.5) is 11.4 Å². The predicted octanol–water partition coefficient (Wildman–Crippen LogP) is 3.90. The van der Waals surface area contributed by atoms with E-state index in [0.717, 1.165) is 22.5 Å². The number of hydrogen-bond donors (Lipinski definition) is 2. The SMILES string of the molecule is COc1ccc(NC(=O)CNc2ccc3ccccc3c2)cc1.